The van der Waals surface area contributed by atoms with Gasteiger partial charge in [-0.15, -0.1) is 0 Å². The normalized spacial score (nSPS) is 16.2. The van der Waals surface area contributed by atoms with E-state index in [-0.39, 0.29) is 11.9 Å². The van der Waals surface area contributed by atoms with Crippen molar-refractivity contribution < 1.29 is 19.0 Å². The molecule has 5 nitrogen and oxygen atoms in total. The summed E-state index contributed by atoms with van der Waals surface area (Å²) in [5.74, 6) is 1.57. The first-order valence-electron chi connectivity index (χ1n) is 9.78. The minimum Gasteiger partial charge on any atom is -0.497 e. The molecule has 5 heteroatoms. The fourth-order valence-electron chi connectivity index (χ4n) is 3.64. The van der Waals surface area contributed by atoms with Crippen molar-refractivity contribution in [3.63, 3.8) is 0 Å². The number of aryl methyl sites for hydroxylation is 1. The molecule has 0 bridgehead atoms. The van der Waals surface area contributed by atoms with Gasteiger partial charge in [-0.3, -0.25) is 4.79 Å². The van der Waals surface area contributed by atoms with Gasteiger partial charge in [0.15, 0.2) is 0 Å². The zero-order chi connectivity index (χ0) is 19.9. The largest absolute Gasteiger partial charge is 0.497 e. The van der Waals surface area contributed by atoms with Crippen LogP contribution >= 0.6 is 0 Å². The van der Waals surface area contributed by atoms with Gasteiger partial charge in [-0.1, -0.05) is 23.8 Å². The van der Waals surface area contributed by atoms with Crippen LogP contribution in [-0.4, -0.2) is 50.8 Å². The third-order valence-corrected chi connectivity index (χ3v) is 5.21. The Balaban J connectivity index is 1.73. The van der Waals surface area contributed by atoms with Crippen molar-refractivity contribution in [1.82, 2.24) is 4.90 Å². The zero-order valence-electron chi connectivity index (χ0n) is 16.9. The van der Waals surface area contributed by atoms with Gasteiger partial charge in [-0.25, -0.2) is 0 Å². The van der Waals surface area contributed by atoms with Gasteiger partial charge in [0.1, 0.15) is 11.5 Å². The highest BCUT2D eigenvalue weighted by molar-refractivity contribution is 5.96. The van der Waals surface area contributed by atoms with E-state index in [2.05, 4.69) is 0 Å². The lowest BCUT2D eigenvalue weighted by atomic mass is 10.0. The molecule has 1 atom stereocenters. The quantitative estimate of drug-likeness (QED) is 0.694. The molecule has 1 amide bonds. The summed E-state index contributed by atoms with van der Waals surface area (Å²) in [5, 5.41) is 0. The number of hydrogen-bond acceptors (Lipinski definition) is 4. The maximum Gasteiger partial charge on any atom is 0.254 e. The molecule has 3 rings (SSSR count). The summed E-state index contributed by atoms with van der Waals surface area (Å²) in [5.41, 5.74) is 2.86. The predicted molar refractivity (Wildman–Crippen MR) is 109 cm³/mol. The lowest BCUT2D eigenvalue weighted by Crippen LogP contribution is -2.38. The SMILES string of the molecule is COC[C@@H]1CCCN1C(=O)c1cc(OC)ccc1CCOc1ccc(C)cc1. The van der Waals surface area contributed by atoms with Crippen LogP contribution in [0.4, 0.5) is 0 Å². The number of ether oxygens (including phenoxy) is 3. The number of methoxy groups -OCH3 is 2. The van der Waals surface area contributed by atoms with Crippen LogP contribution in [0.5, 0.6) is 11.5 Å². The highest BCUT2D eigenvalue weighted by Gasteiger charge is 2.30. The van der Waals surface area contributed by atoms with E-state index < -0.39 is 0 Å². The molecule has 2 aromatic rings. The van der Waals surface area contributed by atoms with Crippen LogP contribution in [0.1, 0.15) is 34.3 Å². The number of amides is 1. The van der Waals surface area contributed by atoms with Gasteiger partial charge in [0.25, 0.3) is 5.91 Å². The average molecular weight is 383 g/mol. The van der Waals surface area contributed by atoms with E-state index in [9.17, 15) is 4.79 Å². The number of benzene rings is 2. The maximum absolute atomic E-state index is 13.3. The van der Waals surface area contributed by atoms with Gasteiger partial charge >= 0.3 is 0 Å². The smallest absolute Gasteiger partial charge is 0.254 e. The molecule has 1 aliphatic rings. The lowest BCUT2D eigenvalue weighted by Gasteiger charge is -2.25. The Morgan fingerprint density at radius 3 is 2.57 bits per heavy atom. The van der Waals surface area contributed by atoms with Crippen LogP contribution in [-0.2, 0) is 11.2 Å². The molecular weight excluding hydrogens is 354 g/mol. The first-order valence-corrected chi connectivity index (χ1v) is 9.78. The Morgan fingerprint density at radius 2 is 1.86 bits per heavy atom. The molecule has 0 aliphatic carbocycles. The number of likely N-dealkylation sites (tertiary alicyclic amines) is 1. The summed E-state index contributed by atoms with van der Waals surface area (Å²) >= 11 is 0. The Kier molecular flexibility index (Phi) is 6.93. The molecule has 0 saturated carbocycles. The van der Waals surface area contributed by atoms with E-state index in [1.807, 2.05) is 54.3 Å². The minimum absolute atomic E-state index is 0.0452. The van der Waals surface area contributed by atoms with Crippen LogP contribution in [0.15, 0.2) is 42.5 Å². The van der Waals surface area contributed by atoms with Crippen LogP contribution in [0.25, 0.3) is 0 Å². The number of rotatable bonds is 8. The molecule has 28 heavy (non-hydrogen) atoms. The fraction of sp³-hybridized carbons (Fsp3) is 0.435. The summed E-state index contributed by atoms with van der Waals surface area (Å²) in [6.07, 6.45) is 2.65. The van der Waals surface area contributed by atoms with Crippen molar-refractivity contribution in [2.24, 2.45) is 0 Å². The Hall–Kier alpha value is -2.53. The molecule has 0 aromatic heterocycles. The minimum atomic E-state index is 0.0452. The summed E-state index contributed by atoms with van der Waals surface area (Å²) in [4.78, 5) is 15.2. The van der Waals surface area contributed by atoms with Gasteiger partial charge in [0, 0.05) is 25.6 Å². The van der Waals surface area contributed by atoms with Gasteiger partial charge < -0.3 is 19.1 Å². The van der Waals surface area contributed by atoms with Crippen molar-refractivity contribution in [2.45, 2.75) is 32.2 Å². The van der Waals surface area contributed by atoms with Crippen LogP contribution in [0.3, 0.4) is 0 Å². The molecule has 0 unspecified atom stereocenters. The predicted octanol–water partition coefficient (Wildman–Crippen LogP) is 3.88. The molecule has 1 aliphatic heterocycles. The monoisotopic (exact) mass is 383 g/mol. The van der Waals surface area contributed by atoms with E-state index in [1.165, 1.54) is 5.56 Å². The van der Waals surface area contributed by atoms with Gasteiger partial charge in [-0.2, -0.15) is 0 Å². The summed E-state index contributed by atoms with van der Waals surface area (Å²) in [6.45, 7) is 3.90. The van der Waals surface area contributed by atoms with Crippen LogP contribution in [0, 0.1) is 6.92 Å². The van der Waals surface area contributed by atoms with Gasteiger partial charge in [-0.05, 0) is 49.6 Å². The molecule has 150 valence electrons. The highest BCUT2D eigenvalue weighted by atomic mass is 16.5. The number of nitrogens with zero attached hydrogens (tertiary/aromatic N) is 1. The van der Waals surface area contributed by atoms with Crippen molar-refractivity contribution >= 4 is 5.91 Å². The second kappa shape index (κ2) is 9.60. The highest BCUT2D eigenvalue weighted by Crippen LogP contribution is 2.25. The topological polar surface area (TPSA) is 48.0 Å². The fourth-order valence-corrected chi connectivity index (χ4v) is 3.64. The number of carbonyl (C=O) groups excluding carboxylic acids is 1. The first-order chi connectivity index (χ1) is 13.6. The molecular formula is C23H29NO4. The van der Waals surface area contributed by atoms with Gasteiger partial charge in [0.05, 0.1) is 26.4 Å². The summed E-state index contributed by atoms with van der Waals surface area (Å²) in [6, 6.07) is 13.8. The number of hydrogen-bond donors (Lipinski definition) is 0. The summed E-state index contributed by atoms with van der Waals surface area (Å²) in [7, 11) is 3.30. The Labute approximate surface area is 167 Å². The maximum atomic E-state index is 13.3. The number of carbonyl (C=O) groups is 1. The van der Waals surface area contributed by atoms with Gasteiger partial charge in [0.2, 0.25) is 0 Å². The third-order valence-electron chi connectivity index (χ3n) is 5.21. The van der Waals surface area contributed by atoms with E-state index >= 15 is 0 Å². The second-order valence-corrected chi connectivity index (χ2v) is 7.18. The van der Waals surface area contributed by atoms with E-state index in [1.54, 1.807) is 14.2 Å². The average Bonchev–Trinajstić information content (AvgIpc) is 3.17. The van der Waals surface area contributed by atoms with Crippen LogP contribution < -0.4 is 9.47 Å². The van der Waals surface area contributed by atoms with Crippen molar-refractivity contribution in [2.75, 3.05) is 34.0 Å². The first kappa shape index (κ1) is 20.2. The standard InChI is InChI=1S/C23H29NO4/c1-17-6-9-20(10-7-17)28-14-12-18-8-11-21(27-3)15-22(18)23(25)24-13-4-5-19(24)16-26-2/h6-11,15,19H,4-5,12-14,16H2,1-3H3/t19-/m0/s1. The van der Waals surface area contributed by atoms with E-state index in [0.717, 1.165) is 30.7 Å². The molecule has 0 N–H and O–H groups in total. The Bertz CT molecular complexity index is 788. The second-order valence-electron chi connectivity index (χ2n) is 7.18. The van der Waals surface area contributed by atoms with Crippen molar-refractivity contribution in [3.05, 3.63) is 59.2 Å². The van der Waals surface area contributed by atoms with Crippen LogP contribution in [0.2, 0.25) is 0 Å². The lowest BCUT2D eigenvalue weighted by molar-refractivity contribution is 0.0629. The van der Waals surface area contributed by atoms with E-state index in [0.29, 0.717) is 30.9 Å². The molecule has 2 aromatic carbocycles. The molecule has 1 fully saturated rings. The summed E-state index contributed by atoms with van der Waals surface area (Å²) < 4.78 is 16.5. The molecule has 0 radical (unpaired) electrons. The zero-order valence-corrected chi connectivity index (χ0v) is 16.9. The third kappa shape index (κ3) is 4.84. The van der Waals surface area contributed by atoms with Crippen molar-refractivity contribution in [3.8, 4) is 11.5 Å². The molecule has 1 heterocycles. The van der Waals surface area contributed by atoms with Crippen molar-refractivity contribution in [1.29, 1.82) is 0 Å². The molecule has 1 saturated heterocycles. The Morgan fingerprint density at radius 1 is 1.11 bits per heavy atom. The van der Waals surface area contributed by atoms with E-state index in [4.69, 9.17) is 14.2 Å². The molecule has 0 spiro atoms.